The lowest BCUT2D eigenvalue weighted by Crippen LogP contribution is -2.28. The molecule has 1 aromatic carbocycles. The number of nitrogens with one attached hydrogen (secondary N) is 1. The Bertz CT molecular complexity index is 747. The number of nitrogens with zero attached hydrogens (tertiary/aromatic N) is 1. The summed E-state index contributed by atoms with van der Waals surface area (Å²) in [5.74, 6) is 1.71. The Balaban J connectivity index is 1.74. The number of benzene rings is 1. The number of amides is 1. The minimum absolute atomic E-state index is 0.183. The number of carbonyl (C=O) groups is 1. The summed E-state index contributed by atoms with van der Waals surface area (Å²) in [4.78, 5) is 16.5. The molecule has 0 bridgehead atoms. The van der Waals surface area contributed by atoms with Crippen LogP contribution in [0.25, 0.3) is 11.3 Å². The number of nitrogens with two attached hydrogens (primary N) is 1. The quantitative estimate of drug-likeness (QED) is 0.831. The molecule has 1 atom stereocenters. The number of fused-ring (bicyclic) bond motifs is 1. The lowest BCUT2D eigenvalue weighted by molar-refractivity contribution is -0.118. The summed E-state index contributed by atoms with van der Waals surface area (Å²) in [5.41, 5.74) is 7.16. The summed E-state index contributed by atoms with van der Waals surface area (Å²) in [6.07, 6.45) is -0.121. The molecule has 0 saturated carbocycles. The Hall–Kier alpha value is -2.64. The highest BCUT2D eigenvalue weighted by molar-refractivity contribution is 5.90. The first kappa shape index (κ1) is 17.2. The van der Waals surface area contributed by atoms with Gasteiger partial charge in [-0.05, 0) is 30.3 Å². The van der Waals surface area contributed by atoms with E-state index in [-0.39, 0.29) is 25.0 Å². The van der Waals surface area contributed by atoms with Gasteiger partial charge in [0.25, 0.3) is 0 Å². The SMILES string of the molecule is COC(CN)CC(=O)Nc1cccc(-c2ccc3c(c2)OCCO3)n1. The van der Waals surface area contributed by atoms with Crippen LogP contribution in [0.4, 0.5) is 5.82 Å². The zero-order valence-electron chi connectivity index (χ0n) is 14.0. The van der Waals surface area contributed by atoms with E-state index in [1.165, 1.54) is 7.11 Å². The van der Waals surface area contributed by atoms with Gasteiger partial charge in [0.15, 0.2) is 11.5 Å². The largest absolute Gasteiger partial charge is 0.486 e. The highest BCUT2D eigenvalue weighted by atomic mass is 16.6. The summed E-state index contributed by atoms with van der Waals surface area (Å²) in [6.45, 7) is 1.37. The molecule has 3 rings (SSSR count). The van der Waals surface area contributed by atoms with Crippen LogP contribution in [0.1, 0.15) is 6.42 Å². The van der Waals surface area contributed by atoms with Crippen molar-refractivity contribution in [3.63, 3.8) is 0 Å². The highest BCUT2D eigenvalue weighted by Crippen LogP contribution is 2.34. The van der Waals surface area contributed by atoms with Crippen molar-refractivity contribution in [2.75, 3.05) is 32.2 Å². The molecule has 1 aromatic heterocycles. The molecule has 1 unspecified atom stereocenters. The van der Waals surface area contributed by atoms with Crippen molar-refractivity contribution in [1.82, 2.24) is 4.98 Å². The number of pyridine rings is 1. The molecular formula is C18H21N3O4. The van der Waals surface area contributed by atoms with Crippen molar-refractivity contribution in [2.45, 2.75) is 12.5 Å². The molecule has 0 saturated heterocycles. The second-order valence-electron chi connectivity index (χ2n) is 5.61. The molecular weight excluding hydrogens is 322 g/mol. The van der Waals surface area contributed by atoms with E-state index in [2.05, 4.69) is 10.3 Å². The molecule has 0 radical (unpaired) electrons. The second kappa shape index (κ2) is 7.96. The van der Waals surface area contributed by atoms with Gasteiger partial charge in [-0.15, -0.1) is 0 Å². The van der Waals surface area contributed by atoms with Crippen LogP contribution in [0.15, 0.2) is 36.4 Å². The van der Waals surface area contributed by atoms with Crippen LogP contribution in [0.5, 0.6) is 11.5 Å². The van der Waals surface area contributed by atoms with E-state index in [1.54, 1.807) is 6.07 Å². The van der Waals surface area contributed by atoms with E-state index < -0.39 is 0 Å². The first-order valence-corrected chi connectivity index (χ1v) is 8.09. The van der Waals surface area contributed by atoms with Gasteiger partial charge in [0.2, 0.25) is 5.91 Å². The van der Waals surface area contributed by atoms with E-state index in [0.717, 1.165) is 17.0 Å². The third kappa shape index (κ3) is 4.26. The van der Waals surface area contributed by atoms with Crippen molar-refractivity contribution < 1.29 is 19.0 Å². The van der Waals surface area contributed by atoms with Gasteiger partial charge in [-0.1, -0.05) is 6.07 Å². The Labute approximate surface area is 146 Å². The van der Waals surface area contributed by atoms with Crippen LogP contribution in [0.2, 0.25) is 0 Å². The van der Waals surface area contributed by atoms with Gasteiger partial charge in [-0.25, -0.2) is 4.98 Å². The lowest BCUT2D eigenvalue weighted by atomic mass is 10.1. The molecule has 132 valence electrons. The number of hydrogen-bond donors (Lipinski definition) is 2. The van der Waals surface area contributed by atoms with Crippen LogP contribution in [-0.2, 0) is 9.53 Å². The smallest absolute Gasteiger partial charge is 0.228 e. The van der Waals surface area contributed by atoms with Crippen molar-refractivity contribution >= 4 is 11.7 Å². The first-order valence-electron chi connectivity index (χ1n) is 8.09. The molecule has 0 fully saturated rings. The number of carbonyl (C=O) groups excluding carboxylic acids is 1. The zero-order chi connectivity index (χ0) is 17.6. The third-order valence-electron chi connectivity index (χ3n) is 3.86. The number of hydrogen-bond acceptors (Lipinski definition) is 6. The number of anilines is 1. The van der Waals surface area contributed by atoms with Gasteiger partial charge in [-0.2, -0.15) is 0 Å². The number of aromatic nitrogens is 1. The van der Waals surface area contributed by atoms with Crippen molar-refractivity contribution in [3.05, 3.63) is 36.4 Å². The van der Waals surface area contributed by atoms with Crippen LogP contribution >= 0.6 is 0 Å². The summed E-state index contributed by atoms with van der Waals surface area (Å²) in [5, 5.41) is 2.77. The standard InChI is InChI=1S/C18H21N3O4/c1-23-13(11-19)10-18(22)21-17-4-2-3-14(20-17)12-5-6-15-16(9-12)25-8-7-24-15/h2-6,9,13H,7-8,10-11,19H2,1H3,(H,20,21,22). The maximum atomic E-state index is 12.1. The van der Waals surface area contributed by atoms with Gasteiger partial charge in [-0.3, -0.25) is 4.79 Å². The molecule has 0 aliphatic carbocycles. The fraction of sp³-hybridized carbons (Fsp3) is 0.333. The monoisotopic (exact) mass is 343 g/mol. The molecule has 25 heavy (non-hydrogen) atoms. The van der Waals surface area contributed by atoms with Crippen LogP contribution in [0.3, 0.4) is 0 Å². The topological polar surface area (TPSA) is 95.7 Å². The predicted octanol–water partition coefficient (Wildman–Crippen LogP) is 1.82. The van der Waals surface area contributed by atoms with Gasteiger partial charge in [0, 0.05) is 19.2 Å². The predicted molar refractivity (Wildman–Crippen MR) is 93.8 cm³/mol. The van der Waals surface area contributed by atoms with E-state index in [1.807, 2.05) is 30.3 Å². The Kier molecular flexibility index (Phi) is 5.47. The van der Waals surface area contributed by atoms with Gasteiger partial charge < -0.3 is 25.3 Å². The third-order valence-corrected chi connectivity index (χ3v) is 3.86. The normalized spacial score (nSPS) is 14.0. The Morgan fingerprint density at radius 2 is 2.08 bits per heavy atom. The van der Waals surface area contributed by atoms with E-state index >= 15 is 0 Å². The molecule has 0 spiro atoms. The van der Waals surface area contributed by atoms with E-state index in [0.29, 0.717) is 24.8 Å². The first-order chi connectivity index (χ1) is 12.2. The minimum Gasteiger partial charge on any atom is -0.486 e. The van der Waals surface area contributed by atoms with Crippen molar-refractivity contribution in [1.29, 1.82) is 0 Å². The van der Waals surface area contributed by atoms with Crippen LogP contribution in [-0.4, -0.2) is 43.9 Å². The number of ether oxygens (including phenoxy) is 3. The summed E-state index contributed by atoms with van der Waals surface area (Å²) in [7, 11) is 1.53. The maximum absolute atomic E-state index is 12.1. The van der Waals surface area contributed by atoms with Gasteiger partial charge in [0.1, 0.15) is 19.0 Å². The molecule has 1 amide bonds. The maximum Gasteiger partial charge on any atom is 0.228 e. The van der Waals surface area contributed by atoms with Gasteiger partial charge >= 0.3 is 0 Å². The average Bonchev–Trinajstić information content (AvgIpc) is 2.66. The van der Waals surface area contributed by atoms with E-state index in [9.17, 15) is 4.79 Å². The average molecular weight is 343 g/mol. The van der Waals surface area contributed by atoms with E-state index in [4.69, 9.17) is 19.9 Å². The summed E-state index contributed by atoms with van der Waals surface area (Å²) in [6, 6.07) is 11.1. The Morgan fingerprint density at radius 1 is 1.28 bits per heavy atom. The molecule has 7 heteroatoms. The summed E-state index contributed by atoms with van der Waals surface area (Å²) >= 11 is 0. The minimum atomic E-state index is -0.305. The molecule has 1 aliphatic heterocycles. The molecule has 1 aliphatic rings. The molecule has 3 N–H and O–H groups in total. The Morgan fingerprint density at radius 3 is 2.84 bits per heavy atom. The second-order valence-corrected chi connectivity index (χ2v) is 5.61. The van der Waals surface area contributed by atoms with Gasteiger partial charge in [0.05, 0.1) is 18.2 Å². The highest BCUT2D eigenvalue weighted by Gasteiger charge is 2.14. The van der Waals surface area contributed by atoms with Crippen LogP contribution in [0, 0.1) is 0 Å². The lowest BCUT2D eigenvalue weighted by Gasteiger charge is -2.18. The molecule has 2 aromatic rings. The number of methoxy groups -OCH3 is 1. The van der Waals surface area contributed by atoms with Crippen LogP contribution < -0.4 is 20.5 Å². The fourth-order valence-electron chi connectivity index (χ4n) is 2.53. The van der Waals surface area contributed by atoms with Crippen molar-refractivity contribution in [3.8, 4) is 22.8 Å². The summed E-state index contributed by atoms with van der Waals surface area (Å²) < 4.78 is 16.2. The zero-order valence-corrected chi connectivity index (χ0v) is 14.0. The molecule has 2 heterocycles. The molecule has 7 nitrogen and oxygen atoms in total. The van der Waals surface area contributed by atoms with Crippen molar-refractivity contribution in [2.24, 2.45) is 5.73 Å². The fourth-order valence-corrected chi connectivity index (χ4v) is 2.53. The number of rotatable bonds is 6.